The van der Waals surface area contributed by atoms with Gasteiger partial charge in [-0.05, 0) is 31.6 Å². The molecule has 0 unspecified atom stereocenters. The maximum Gasteiger partial charge on any atom is 0.258 e. The number of aromatic amines is 1. The molecule has 0 spiro atoms. The second kappa shape index (κ2) is 8.13. The van der Waals surface area contributed by atoms with Crippen LogP contribution >= 0.6 is 0 Å². The van der Waals surface area contributed by atoms with Crippen LogP contribution < -0.4 is 5.32 Å². The fourth-order valence-corrected chi connectivity index (χ4v) is 3.22. The van der Waals surface area contributed by atoms with Crippen molar-refractivity contribution in [2.24, 2.45) is 11.8 Å². The van der Waals surface area contributed by atoms with E-state index in [0.29, 0.717) is 11.4 Å². The summed E-state index contributed by atoms with van der Waals surface area (Å²) >= 11 is 0. The summed E-state index contributed by atoms with van der Waals surface area (Å²) in [5.74, 6) is 1.05. The van der Waals surface area contributed by atoms with Gasteiger partial charge in [-0.2, -0.15) is 5.10 Å². The Morgan fingerprint density at radius 1 is 1.30 bits per heavy atom. The van der Waals surface area contributed by atoms with E-state index < -0.39 is 0 Å². The third-order valence-electron chi connectivity index (χ3n) is 4.71. The maximum atomic E-state index is 12.4. The maximum absolute atomic E-state index is 12.4. The van der Waals surface area contributed by atoms with Crippen LogP contribution in [-0.2, 0) is 4.79 Å². The Bertz CT molecular complexity index is 530. The highest BCUT2D eigenvalue weighted by Crippen LogP contribution is 2.32. The number of nitrogens with one attached hydrogen (secondary N) is 2. The van der Waals surface area contributed by atoms with Crippen LogP contribution in [0.25, 0.3) is 0 Å². The Hall–Kier alpha value is -1.85. The molecule has 1 aliphatic rings. The van der Waals surface area contributed by atoms with Crippen molar-refractivity contribution in [3.63, 3.8) is 0 Å². The van der Waals surface area contributed by atoms with Gasteiger partial charge in [0.2, 0.25) is 5.91 Å². The standard InChI is InChI=1S/C17H28N4O2/c1-4-5-6-12-7-9-13(10-8-12)16(22)19-15-14(11-18-20-15)17(23)21(2)3/h11-13H,4-10H2,1-3H3,(H2,18,19,20,22). The lowest BCUT2D eigenvalue weighted by molar-refractivity contribution is -0.121. The molecular weight excluding hydrogens is 292 g/mol. The minimum absolute atomic E-state index is 0.00371. The van der Waals surface area contributed by atoms with Crippen LogP contribution in [0.1, 0.15) is 62.2 Å². The van der Waals surface area contributed by atoms with E-state index in [1.165, 1.54) is 30.4 Å². The average molecular weight is 320 g/mol. The van der Waals surface area contributed by atoms with Gasteiger partial charge >= 0.3 is 0 Å². The molecule has 128 valence electrons. The van der Waals surface area contributed by atoms with E-state index >= 15 is 0 Å². The minimum Gasteiger partial charge on any atom is -0.345 e. The number of hydrogen-bond acceptors (Lipinski definition) is 3. The fraction of sp³-hybridized carbons (Fsp3) is 0.706. The normalized spacial score (nSPS) is 21.0. The number of H-pyrrole nitrogens is 1. The zero-order chi connectivity index (χ0) is 16.8. The van der Waals surface area contributed by atoms with E-state index in [2.05, 4.69) is 22.4 Å². The number of carbonyl (C=O) groups excluding carboxylic acids is 2. The molecule has 1 aromatic heterocycles. The summed E-state index contributed by atoms with van der Waals surface area (Å²) in [6, 6.07) is 0. The Labute approximate surface area is 138 Å². The second-order valence-electron chi connectivity index (χ2n) is 6.71. The summed E-state index contributed by atoms with van der Waals surface area (Å²) in [4.78, 5) is 26.0. The average Bonchev–Trinajstić information content (AvgIpc) is 3.00. The number of rotatable bonds is 6. The molecule has 1 heterocycles. The van der Waals surface area contributed by atoms with Crippen molar-refractivity contribution in [2.75, 3.05) is 19.4 Å². The molecule has 1 saturated carbocycles. The summed E-state index contributed by atoms with van der Waals surface area (Å²) < 4.78 is 0. The van der Waals surface area contributed by atoms with Crippen LogP contribution in [0, 0.1) is 11.8 Å². The molecule has 0 saturated heterocycles. The van der Waals surface area contributed by atoms with Gasteiger partial charge in [0.1, 0.15) is 11.4 Å². The quantitative estimate of drug-likeness (QED) is 0.845. The van der Waals surface area contributed by atoms with Crippen molar-refractivity contribution in [3.8, 4) is 0 Å². The number of hydrogen-bond donors (Lipinski definition) is 2. The summed E-state index contributed by atoms with van der Waals surface area (Å²) in [5.41, 5.74) is 0.403. The first kappa shape index (κ1) is 17.5. The fourth-order valence-electron chi connectivity index (χ4n) is 3.22. The molecule has 6 nitrogen and oxygen atoms in total. The number of carbonyl (C=O) groups is 2. The van der Waals surface area contributed by atoms with Crippen molar-refractivity contribution in [1.82, 2.24) is 15.1 Å². The van der Waals surface area contributed by atoms with Gasteiger partial charge in [0.25, 0.3) is 5.91 Å². The monoisotopic (exact) mass is 320 g/mol. The van der Waals surface area contributed by atoms with Crippen LogP contribution in [-0.4, -0.2) is 41.0 Å². The zero-order valence-corrected chi connectivity index (χ0v) is 14.4. The molecule has 1 aromatic rings. The molecule has 0 aliphatic heterocycles. The summed E-state index contributed by atoms with van der Waals surface area (Å²) in [5, 5.41) is 9.45. The highest BCUT2D eigenvalue weighted by atomic mass is 16.2. The first-order valence-electron chi connectivity index (χ1n) is 8.58. The number of amides is 2. The minimum atomic E-state index is -0.169. The molecule has 2 rings (SSSR count). The first-order chi connectivity index (χ1) is 11.0. The molecule has 0 atom stereocenters. The third-order valence-corrected chi connectivity index (χ3v) is 4.71. The lowest BCUT2D eigenvalue weighted by atomic mass is 9.79. The smallest absolute Gasteiger partial charge is 0.258 e. The van der Waals surface area contributed by atoms with Gasteiger partial charge in [0, 0.05) is 20.0 Å². The largest absolute Gasteiger partial charge is 0.345 e. The Morgan fingerprint density at radius 2 is 2.00 bits per heavy atom. The first-order valence-corrected chi connectivity index (χ1v) is 8.58. The lowest BCUT2D eigenvalue weighted by Gasteiger charge is -2.27. The molecule has 0 bridgehead atoms. The van der Waals surface area contributed by atoms with Crippen LogP contribution in [0.2, 0.25) is 0 Å². The summed E-state index contributed by atoms with van der Waals surface area (Å²) in [6.07, 6.45) is 9.40. The van der Waals surface area contributed by atoms with Crippen molar-refractivity contribution in [3.05, 3.63) is 11.8 Å². The van der Waals surface area contributed by atoms with Crippen molar-refractivity contribution < 1.29 is 9.59 Å². The predicted octanol–water partition coefficient (Wildman–Crippen LogP) is 3.05. The number of nitrogens with zero attached hydrogens (tertiary/aromatic N) is 2. The van der Waals surface area contributed by atoms with E-state index in [4.69, 9.17) is 0 Å². The molecule has 1 fully saturated rings. The molecule has 1 aliphatic carbocycles. The topological polar surface area (TPSA) is 78.1 Å². The van der Waals surface area contributed by atoms with E-state index in [9.17, 15) is 9.59 Å². The molecule has 0 radical (unpaired) electrons. The Morgan fingerprint density at radius 3 is 2.61 bits per heavy atom. The van der Waals surface area contributed by atoms with Crippen LogP contribution in [0.4, 0.5) is 5.82 Å². The van der Waals surface area contributed by atoms with Crippen molar-refractivity contribution in [1.29, 1.82) is 0 Å². The van der Waals surface area contributed by atoms with E-state index in [1.54, 1.807) is 14.1 Å². The molecular formula is C17H28N4O2. The molecule has 2 amide bonds. The summed E-state index contributed by atoms with van der Waals surface area (Å²) in [7, 11) is 3.36. The van der Waals surface area contributed by atoms with Gasteiger partial charge in [0.05, 0.1) is 6.20 Å². The van der Waals surface area contributed by atoms with Gasteiger partial charge in [-0.15, -0.1) is 0 Å². The number of unbranched alkanes of at least 4 members (excludes halogenated alkanes) is 1. The second-order valence-corrected chi connectivity index (χ2v) is 6.71. The highest BCUT2D eigenvalue weighted by Gasteiger charge is 2.27. The Kier molecular flexibility index (Phi) is 6.19. The molecule has 6 heteroatoms. The van der Waals surface area contributed by atoms with Crippen molar-refractivity contribution in [2.45, 2.75) is 51.9 Å². The third kappa shape index (κ3) is 4.56. The van der Waals surface area contributed by atoms with Gasteiger partial charge < -0.3 is 10.2 Å². The van der Waals surface area contributed by atoms with E-state index in [-0.39, 0.29) is 17.7 Å². The Balaban J connectivity index is 1.89. The zero-order valence-electron chi connectivity index (χ0n) is 14.4. The van der Waals surface area contributed by atoms with Gasteiger partial charge in [-0.25, -0.2) is 0 Å². The summed E-state index contributed by atoms with van der Waals surface area (Å²) in [6.45, 7) is 2.22. The van der Waals surface area contributed by atoms with E-state index in [1.807, 2.05) is 0 Å². The molecule has 23 heavy (non-hydrogen) atoms. The van der Waals surface area contributed by atoms with Gasteiger partial charge in [-0.1, -0.05) is 26.2 Å². The SMILES string of the molecule is CCCCC1CCC(C(=O)Nc2[nH]ncc2C(=O)N(C)C)CC1. The lowest BCUT2D eigenvalue weighted by Crippen LogP contribution is -2.29. The predicted molar refractivity (Wildman–Crippen MR) is 90.2 cm³/mol. The molecule has 2 N–H and O–H groups in total. The molecule has 0 aromatic carbocycles. The number of anilines is 1. The van der Waals surface area contributed by atoms with Crippen LogP contribution in [0.3, 0.4) is 0 Å². The number of aromatic nitrogens is 2. The van der Waals surface area contributed by atoms with Gasteiger partial charge in [0.15, 0.2) is 0 Å². The van der Waals surface area contributed by atoms with Crippen LogP contribution in [0.15, 0.2) is 6.20 Å². The highest BCUT2D eigenvalue weighted by molar-refractivity contribution is 6.02. The van der Waals surface area contributed by atoms with Crippen molar-refractivity contribution >= 4 is 17.6 Å². The van der Waals surface area contributed by atoms with Crippen LogP contribution in [0.5, 0.6) is 0 Å². The van der Waals surface area contributed by atoms with E-state index in [0.717, 1.165) is 31.6 Å². The van der Waals surface area contributed by atoms with Gasteiger partial charge in [-0.3, -0.25) is 14.7 Å².